The van der Waals surface area contributed by atoms with E-state index >= 15 is 0 Å². The van der Waals surface area contributed by atoms with Crippen LogP contribution in [-0.2, 0) is 14.1 Å². The summed E-state index contributed by atoms with van der Waals surface area (Å²) < 4.78 is 3.11. The first-order chi connectivity index (χ1) is 6.63. The molecule has 2 heterocycles. The highest BCUT2D eigenvalue weighted by molar-refractivity contribution is 7.98. The van der Waals surface area contributed by atoms with Gasteiger partial charge in [0.15, 0.2) is 0 Å². The van der Waals surface area contributed by atoms with E-state index < -0.39 is 0 Å². The predicted octanol–water partition coefficient (Wildman–Crippen LogP) is -0.797. The monoisotopic (exact) mass is 212 g/mol. The van der Waals surface area contributed by atoms with Crippen molar-refractivity contribution in [2.24, 2.45) is 14.1 Å². The quantitative estimate of drug-likeness (QED) is 0.382. The first kappa shape index (κ1) is 9.20. The van der Waals surface area contributed by atoms with Crippen LogP contribution in [-0.4, -0.2) is 26.1 Å². The maximum atomic E-state index is 11.6. The Balaban J connectivity index is 2.93. The number of hydrogen-bond donors (Lipinski definition) is 1. The molecule has 0 aliphatic carbocycles. The lowest BCUT2D eigenvalue weighted by molar-refractivity contribution is -0.710. The Bertz CT molecular complexity index is 543. The third-order valence-corrected chi connectivity index (χ3v) is 2.53. The number of fused-ring (bicyclic) bond motifs is 1. The normalized spacial score (nSPS) is 11.1. The number of aromatic amines is 1. The summed E-state index contributed by atoms with van der Waals surface area (Å²) in [6.07, 6.45) is 1.86. The lowest BCUT2D eigenvalue weighted by Gasteiger charge is -1.88. The Kier molecular flexibility index (Phi) is 2.03. The first-order valence-electron chi connectivity index (χ1n) is 4.01. The molecule has 0 aromatic carbocycles. The summed E-state index contributed by atoms with van der Waals surface area (Å²) in [5.74, 6) is 0. The van der Waals surface area contributed by atoms with E-state index in [2.05, 4.69) is 15.2 Å². The zero-order valence-electron chi connectivity index (χ0n) is 8.11. The smallest absolute Gasteiger partial charge is 0.284 e. The zero-order chi connectivity index (χ0) is 10.3. The van der Waals surface area contributed by atoms with Crippen LogP contribution in [0.4, 0.5) is 0 Å². The number of aromatic nitrogens is 5. The molecule has 2 aromatic heterocycles. The van der Waals surface area contributed by atoms with E-state index in [1.54, 1.807) is 18.8 Å². The largest absolute Gasteiger partial charge is 0.331 e. The zero-order valence-corrected chi connectivity index (χ0v) is 8.92. The van der Waals surface area contributed by atoms with Crippen molar-refractivity contribution < 1.29 is 4.68 Å². The topological polar surface area (TPSA) is 67.5 Å². The molecule has 0 saturated heterocycles. The fourth-order valence-electron chi connectivity index (χ4n) is 1.34. The summed E-state index contributed by atoms with van der Waals surface area (Å²) in [5.41, 5.74) is 0.931. The van der Waals surface area contributed by atoms with Gasteiger partial charge >= 0.3 is 5.65 Å². The lowest BCUT2D eigenvalue weighted by Crippen LogP contribution is -2.32. The summed E-state index contributed by atoms with van der Waals surface area (Å²) in [7, 11) is 3.48. The molecule has 1 N–H and O–H groups in total. The molecule has 6 nitrogen and oxygen atoms in total. The molecule has 14 heavy (non-hydrogen) atoms. The minimum atomic E-state index is -0.157. The fourth-order valence-corrected chi connectivity index (χ4v) is 1.71. The Morgan fingerprint density at radius 1 is 1.57 bits per heavy atom. The maximum absolute atomic E-state index is 11.6. The molecule has 7 heteroatoms. The molecular formula is C7H10N5OS+. The second kappa shape index (κ2) is 3.09. The minimum Gasteiger partial charge on any atom is -0.284 e. The van der Waals surface area contributed by atoms with E-state index in [1.165, 1.54) is 16.4 Å². The van der Waals surface area contributed by atoms with Crippen molar-refractivity contribution in [3.8, 4) is 0 Å². The van der Waals surface area contributed by atoms with E-state index in [0.29, 0.717) is 16.3 Å². The van der Waals surface area contributed by atoms with E-state index in [-0.39, 0.29) is 5.56 Å². The molecule has 0 aliphatic heterocycles. The molecule has 0 amide bonds. The third-order valence-electron chi connectivity index (χ3n) is 1.95. The van der Waals surface area contributed by atoms with Crippen molar-refractivity contribution >= 4 is 22.9 Å². The van der Waals surface area contributed by atoms with Gasteiger partial charge in [-0.15, -0.1) is 4.68 Å². The van der Waals surface area contributed by atoms with E-state index in [9.17, 15) is 4.79 Å². The molecule has 2 rings (SSSR count). The molecule has 0 aliphatic rings. The van der Waals surface area contributed by atoms with Gasteiger partial charge in [0.05, 0.1) is 14.1 Å². The maximum Gasteiger partial charge on any atom is 0.331 e. The van der Waals surface area contributed by atoms with Gasteiger partial charge in [0, 0.05) is 5.21 Å². The molecule has 0 saturated carbocycles. The van der Waals surface area contributed by atoms with Gasteiger partial charge in [0.1, 0.15) is 0 Å². The molecule has 0 unspecified atom stereocenters. The standard InChI is InChI=1S/C7H9N5OS/c1-11-4-5(12(2)10-11)8-7(14-3)9-6(4)13/h1-3H3/p+1. The van der Waals surface area contributed by atoms with Gasteiger partial charge < -0.3 is 0 Å². The highest BCUT2D eigenvalue weighted by Gasteiger charge is 2.19. The Morgan fingerprint density at radius 2 is 2.29 bits per heavy atom. The average Bonchev–Trinajstić information content (AvgIpc) is 2.42. The number of H-pyrrole nitrogens is 1. The molecule has 0 atom stereocenters. The number of nitrogens with zero attached hydrogens (tertiary/aromatic N) is 4. The highest BCUT2D eigenvalue weighted by atomic mass is 32.2. The van der Waals surface area contributed by atoms with Gasteiger partial charge in [-0.05, 0) is 6.26 Å². The molecular weight excluding hydrogens is 202 g/mol. The highest BCUT2D eigenvalue weighted by Crippen LogP contribution is 2.07. The van der Waals surface area contributed by atoms with Gasteiger partial charge in [-0.2, -0.15) is 4.68 Å². The summed E-state index contributed by atoms with van der Waals surface area (Å²) in [4.78, 5) is 18.5. The van der Waals surface area contributed by atoms with Crippen LogP contribution in [0.3, 0.4) is 0 Å². The Morgan fingerprint density at radius 3 is 2.93 bits per heavy atom. The van der Waals surface area contributed by atoms with E-state index in [1.807, 2.05) is 6.26 Å². The second-order valence-corrected chi connectivity index (χ2v) is 3.68. The van der Waals surface area contributed by atoms with Gasteiger partial charge in [0.25, 0.3) is 11.1 Å². The predicted molar refractivity (Wildman–Crippen MR) is 52.1 cm³/mol. The number of thioether (sulfide) groups is 1. The van der Waals surface area contributed by atoms with E-state index in [0.717, 1.165) is 0 Å². The van der Waals surface area contributed by atoms with Crippen LogP contribution in [0.15, 0.2) is 9.95 Å². The van der Waals surface area contributed by atoms with Crippen LogP contribution < -0.4 is 10.2 Å². The van der Waals surface area contributed by atoms with Crippen molar-refractivity contribution in [2.45, 2.75) is 5.16 Å². The van der Waals surface area contributed by atoms with Crippen LogP contribution in [0.1, 0.15) is 0 Å². The Hall–Kier alpha value is -1.37. The lowest BCUT2D eigenvalue weighted by atomic mass is 10.5. The van der Waals surface area contributed by atoms with Crippen molar-refractivity contribution in [1.82, 2.24) is 19.9 Å². The van der Waals surface area contributed by atoms with Crippen molar-refractivity contribution in [3.05, 3.63) is 10.4 Å². The molecule has 0 bridgehead atoms. The van der Waals surface area contributed by atoms with Crippen LogP contribution in [0.5, 0.6) is 0 Å². The van der Waals surface area contributed by atoms with E-state index in [4.69, 9.17) is 0 Å². The number of hydrogen-bond acceptors (Lipinski definition) is 4. The number of rotatable bonds is 1. The van der Waals surface area contributed by atoms with Gasteiger partial charge in [-0.25, -0.2) is 0 Å². The summed E-state index contributed by atoms with van der Waals surface area (Å²) in [6.45, 7) is 0. The van der Waals surface area contributed by atoms with Gasteiger partial charge in [-0.3, -0.25) is 9.78 Å². The molecule has 2 aromatic rings. The summed E-state index contributed by atoms with van der Waals surface area (Å²) >= 11 is 1.40. The number of aryl methyl sites for hydroxylation is 2. The van der Waals surface area contributed by atoms with Crippen molar-refractivity contribution in [2.75, 3.05) is 6.26 Å². The number of nitrogens with one attached hydrogen (secondary N) is 1. The molecule has 0 fully saturated rings. The molecule has 0 spiro atoms. The summed E-state index contributed by atoms with van der Waals surface area (Å²) in [5, 5.41) is 4.67. The van der Waals surface area contributed by atoms with Crippen LogP contribution in [0, 0.1) is 0 Å². The van der Waals surface area contributed by atoms with Crippen LogP contribution >= 0.6 is 11.8 Å². The SMILES string of the molecule is CSc1nc2c(c(=O)[nH]1)n(C)n[n+]2C. The van der Waals surface area contributed by atoms with Crippen molar-refractivity contribution in [3.63, 3.8) is 0 Å². The average molecular weight is 212 g/mol. The Labute approximate surface area is 83.9 Å². The van der Waals surface area contributed by atoms with Crippen molar-refractivity contribution in [1.29, 1.82) is 0 Å². The van der Waals surface area contributed by atoms with Gasteiger partial charge in [-0.1, -0.05) is 16.7 Å². The van der Waals surface area contributed by atoms with Crippen LogP contribution in [0.2, 0.25) is 0 Å². The second-order valence-electron chi connectivity index (χ2n) is 2.88. The molecule has 0 radical (unpaired) electrons. The minimum absolute atomic E-state index is 0.157. The molecule has 74 valence electrons. The summed E-state index contributed by atoms with van der Waals surface area (Å²) in [6, 6.07) is 0. The first-order valence-corrected chi connectivity index (χ1v) is 5.23. The van der Waals surface area contributed by atoms with Gasteiger partial charge in [0.2, 0.25) is 5.16 Å². The van der Waals surface area contributed by atoms with Crippen LogP contribution in [0.25, 0.3) is 11.2 Å². The fraction of sp³-hybridized carbons (Fsp3) is 0.429. The third kappa shape index (κ3) is 1.20.